The van der Waals surface area contributed by atoms with Crippen LogP contribution in [0.25, 0.3) is 0 Å². The molecular weight excluding hydrogens is 252 g/mol. The van der Waals surface area contributed by atoms with Crippen molar-refractivity contribution in [1.82, 2.24) is 5.32 Å². The molecule has 0 saturated carbocycles. The highest BCUT2D eigenvalue weighted by molar-refractivity contribution is 5.98. The van der Waals surface area contributed by atoms with Gasteiger partial charge in [-0.05, 0) is 49.9 Å². The fourth-order valence-corrected chi connectivity index (χ4v) is 2.89. The second-order valence-electron chi connectivity index (χ2n) is 5.49. The van der Waals surface area contributed by atoms with E-state index in [2.05, 4.69) is 17.6 Å². The van der Waals surface area contributed by atoms with Crippen LogP contribution < -0.4 is 10.6 Å². The Morgan fingerprint density at radius 1 is 1.40 bits per heavy atom. The van der Waals surface area contributed by atoms with Gasteiger partial charge in [0.15, 0.2) is 0 Å². The normalized spacial score (nSPS) is 21.9. The van der Waals surface area contributed by atoms with E-state index in [9.17, 15) is 4.79 Å². The van der Waals surface area contributed by atoms with E-state index in [0.717, 1.165) is 43.5 Å². The second kappa shape index (κ2) is 6.86. The number of hydrogen-bond acceptors (Lipinski definition) is 3. The molecule has 0 radical (unpaired) electrons. The molecule has 4 heteroatoms. The molecule has 1 aliphatic heterocycles. The highest BCUT2D eigenvalue weighted by Gasteiger charge is 2.39. The standard InChI is InChI=1S/C16H24N2O2/c1-2-9-16(10-3-11-17-16)15(20)18-14-6-4-13(5-7-14)8-12-19/h4-7,17,19H,2-3,8-12H2,1H3,(H,18,20). The molecule has 1 unspecified atom stereocenters. The van der Waals surface area contributed by atoms with Gasteiger partial charge in [0.05, 0.1) is 5.54 Å². The van der Waals surface area contributed by atoms with Crippen LogP contribution in [-0.2, 0) is 11.2 Å². The van der Waals surface area contributed by atoms with Crippen LogP contribution in [0.1, 0.15) is 38.2 Å². The highest BCUT2D eigenvalue weighted by atomic mass is 16.3. The zero-order valence-corrected chi connectivity index (χ0v) is 12.1. The fourth-order valence-electron chi connectivity index (χ4n) is 2.89. The third kappa shape index (κ3) is 3.38. The Labute approximate surface area is 120 Å². The van der Waals surface area contributed by atoms with Crippen molar-refractivity contribution in [3.05, 3.63) is 29.8 Å². The lowest BCUT2D eigenvalue weighted by molar-refractivity contribution is -0.122. The summed E-state index contributed by atoms with van der Waals surface area (Å²) in [6.45, 7) is 3.18. The Morgan fingerprint density at radius 3 is 2.70 bits per heavy atom. The summed E-state index contributed by atoms with van der Waals surface area (Å²) in [4.78, 5) is 12.5. The van der Waals surface area contributed by atoms with Gasteiger partial charge in [-0.1, -0.05) is 25.5 Å². The van der Waals surface area contributed by atoms with E-state index < -0.39 is 5.54 Å². The van der Waals surface area contributed by atoms with E-state index in [1.54, 1.807) is 0 Å². The molecule has 1 aromatic carbocycles. The minimum Gasteiger partial charge on any atom is -0.396 e. The maximum Gasteiger partial charge on any atom is 0.244 e. The molecule has 1 fully saturated rings. The number of anilines is 1. The van der Waals surface area contributed by atoms with Crippen molar-refractivity contribution >= 4 is 11.6 Å². The Kier molecular flexibility index (Phi) is 5.15. The smallest absolute Gasteiger partial charge is 0.244 e. The Morgan fingerprint density at radius 2 is 2.15 bits per heavy atom. The number of aliphatic hydroxyl groups excluding tert-OH is 1. The molecule has 1 amide bonds. The van der Waals surface area contributed by atoms with Gasteiger partial charge < -0.3 is 15.7 Å². The van der Waals surface area contributed by atoms with Gasteiger partial charge in [-0.3, -0.25) is 4.79 Å². The van der Waals surface area contributed by atoms with Crippen molar-refractivity contribution in [2.75, 3.05) is 18.5 Å². The van der Waals surface area contributed by atoms with Crippen molar-refractivity contribution < 1.29 is 9.90 Å². The van der Waals surface area contributed by atoms with Gasteiger partial charge in [0, 0.05) is 12.3 Å². The van der Waals surface area contributed by atoms with Crippen LogP contribution >= 0.6 is 0 Å². The summed E-state index contributed by atoms with van der Waals surface area (Å²) >= 11 is 0. The molecule has 3 N–H and O–H groups in total. The number of benzene rings is 1. The van der Waals surface area contributed by atoms with E-state index in [4.69, 9.17) is 5.11 Å². The maximum atomic E-state index is 12.5. The molecule has 4 nitrogen and oxygen atoms in total. The number of carbonyl (C=O) groups is 1. The van der Waals surface area contributed by atoms with Crippen molar-refractivity contribution in [2.45, 2.75) is 44.6 Å². The molecule has 1 aromatic rings. The van der Waals surface area contributed by atoms with Crippen LogP contribution in [0.2, 0.25) is 0 Å². The number of rotatable bonds is 6. The van der Waals surface area contributed by atoms with Gasteiger partial charge in [-0.25, -0.2) is 0 Å². The molecule has 2 rings (SSSR count). The highest BCUT2D eigenvalue weighted by Crippen LogP contribution is 2.26. The summed E-state index contributed by atoms with van der Waals surface area (Å²) in [7, 11) is 0. The van der Waals surface area contributed by atoms with Gasteiger partial charge in [-0.15, -0.1) is 0 Å². The van der Waals surface area contributed by atoms with Crippen LogP contribution in [0.4, 0.5) is 5.69 Å². The zero-order chi connectivity index (χ0) is 14.4. The predicted molar refractivity (Wildman–Crippen MR) is 80.7 cm³/mol. The minimum atomic E-state index is -0.390. The van der Waals surface area contributed by atoms with Gasteiger partial charge in [0.1, 0.15) is 0 Å². The van der Waals surface area contributed by atoms with Crippen molar-refractivity contribution in [3.63, 3.8) is 0 Å². The van der Waals surface area contributed by atoms with E-state index in [-0.39, 0.29) is 12.5 Å². The predicted octanol–water partition coefficient (Wildman–Crippen LogP) is 2.08. The minimum absolute atomic E-state index is 0.0757. The summed E-state index contributed by atoms with van der Waals surface area (Å²) in [5.41, 5.74) is 1.51. The topological polar surface area (TPSA) is 61.4 Å². The molecule has 1 saturated heterocycles. The molecule has 1 aliphatic rings. The van der Waals surface area contributed by atoms with Gasteiger partial charge in [0.2, 0.25) is 5.91 Å². The number of aliphatic hydroxyl groups is 1. The summed E-state index contributed by atoms with van der Waals surface area (Å²) in [5, 5.41) is 15.3. The molecule has 0 bridgehead atoms. The Bertz CT molecular complexity index is 436. The molecule has 0 aliphatic carbocycles. The van der Waals surface area contributed by atoms with Gasteiger partial charge >= 0.3 is 0 Å². The SMILES string of the molecule is CCCC1(C(=O)Nc2ccc(CCO)cc2)CCCN1. The third-order valence-corrected chi connectivity index (χ3v) is 3.97. The third-order valence-electron chi connectivity index (χ3n) is 3.97. The number of nitrogens with one attached hydrogen (secondary N) is 2. The van der Waals surface area contributed by atoms with Crippen LogP contribution in [-0.4, -0.2) is 29.7 Å². The first-order valence-electron chi connectivity index (χ1n) is 7.46. The molecule has 20 heavy (non-hydrogen) atoms. The first kappa shape index (κ1) is 15.0. The van der Waals surface area contributed by atoms with Crippen LogP contribution in [0, 0.1) is 0 Å². The lowest BCUT2D eigenvalue weighted by Gasteiger charge is -2.27. The Balaban J connectivity index is 2.02. The van der Waals surface area contributed by atoms with Crippen molar-refractivity contribution in [1.29, 1.82) is 0 Å². The zero-order valence-electron chi connectivity index (χ0n) is 12.1. The molecule has 0 spiro atoms. The average Bonchev–Trinajstić information content (AvgIpc) is 2.92. The fraction of sp³-hybridized carbons (Fsp3) is 0.562. The summed E-state index contributed by atoms with van der Waals surface area (Å²) in [6.07, 6.45) is 4.49. The maximum absolute atomic E-state index is 12.5. The summed E-state index contributed by atoms with van der Waals surface area (Å²) < 4.78 is 0. The van der Waals surface area contributed by atoms with Crippen LogP contribution in [0.5, 0.6) is 0 Å². The average molecular weight is 276 g/mol. The van der Waals surface area contributed by atoms with Crippen molar-refractivity contribution in [3.8, 4) is 0 Å². The summed E-state index contributed by atoms with van der Waals surface area (Å²) in [5.74, 6) is 0.0757. The number of amides is 1. The van der Waals surface area contributed by atoms with Crippen LogP contribution in [0.15, 0.2) is 24.3 Å². The largest absolute Gasteiger partial charge is 0.396 e. The van der Waals surface area contributed by atoms with E-state index >= 15 is 0 Å². The van der Waals surface area contributed by atoms with Gasteiger partial charge in [-0.2, -0.15) is 0 Å². The first-order valence-corrected chi connectivity index (χ1v) is 7.46. The lowest BCUT2D eigenvalue weighted by Crippen LogP contribution is -2.50. The molecule has 0 aromatic heterocycles. The Hall–Kier alpha value is -1.39. The first-order chi connectivity index (χ1) is 9.70. The monoisotopic (exact) mass is 276 g/mol. The second-order valence-corrected chi connectivity index (χ2v) is 5.49. The number of carbonyl (C=O) groups excluding carboxylic acids is 1. The van der Waals surface area contributed by atoms with Gasteiger partial charge in [0.25, 0.3) is 0 Å². The van der Waals surface area contributed by atoms with E-state index in [0.29, 0.717) is 6.42 Å². The molecule has 110 valence electrons. The van der Waals surface area contributed by atoms with E-state index in [1.165, 1.54) is 0 Å². The molecule has 1 atom stereocenters. The molecular formula is C16H24N2O2. The van der Waals surface area contributed by atoms with E-state index in [1.807, 2.05) is 24.3 Å². The number of hydrogen-bond donors (Lipinski definition) is 3. The molecule has 1 heterocycles. The summed E-state index contributed by atoms with van der Waals surface area (Å²) in [6, 6.07) is 7.69. The van der Waals surface area contributed by atoms with Crippen LogP contribution in [0.3, 0.4) is 0 Å². The lowest BCUT2D eigenvalue weighted by atomic mass is 9.90. The quantitative estimate of drug-likeness (QED) is 0.745. The van der Waals surface area contributed by atoms with Crippen molar-refractivity contribution in [2.24, 2.45) is 0 Å².